The van der Waals surface area contributed by atoms with Crippen molar-refractivity contribution in [2.45, 2.75) is 57.9 Å². The monoisotopic (exact) mass is 179 g/mol. The van der Waals surface area contributed by atoms with Crippen LogP contribution in [-0.4, -0.2) is 12.1 Å². The normalized spacial score (nSPS) is 28.8. The molecular weight excluding hydrogens is 158 g/mol. The summed E-state index contributed by atoms with van der Waals surface area (Å²) >= 11 is 0. The van der Waals surface area contributed by atoms with Gasteiger partial charge in [-0.2, -0.15) is 0 Å². The molecule has 0 radical (unpaired) electrons. The van der Waals surface area contributed by atoms with E-state index >= 15 is 0 Å². The summed E-state index contributed by atoms with van der Waals surface area (Å²) in [5.74, 6) is 6.11. The van der Waals surface area contributed by atoms with Crippen molar-refractivity contribution >= 4 is 0 Å². The van der Waals surface area contributed by atoms with Gasteiger partial charge in [0.25, 0.3) is 0 Å². The number of hydrogen-bond donors (Lipinski definition) is 1. The van der Waals surface area contributed by atoms with Gasteiger partial charge in [0, 0.05) is 12.0 Å². The summed E-state index contributed by atoms with van der Waals surface area (Å²) in [6.45, 7) is 5.45. The van der Waals surface area contributed by atoms with Gasteiger partial charge in [0.2, 0.25) is 0 Å². The average molecular weight is 179 g/mol. The average Bonchev–Trinajstić information content (AvgIpc) is 2.31. The first-order chi connectivity index (χ1) is 6.27. The molecule has 1 aliphatic rings. The Balaban J connectivity index is 2.36. The molecule has 0 spiro atoms. The second-order valence-electron chi connectivity index (χ2n) is 4.22. The van der Waals surface area contributed by atoms with E-state index in [4.69, 9.17) is 0 Å². The second-order valence-corrected chi connectivity index (χ2v) is 4.22. The van der Waals surface area contributed by atoms with Crippen LogP contribution in [0.1, 0.15) is 52.4 Å². The topological polar surface area (TPSA) is 12.0 Å². The predicted octanol–water partition coefficient (Wildman–Crippen LogP) is 2.71. The first kappa shape index (κ1) is 10.6. The van der Waals surface area contributed by atoms with E-state index < -0.39 is 0 Å². The van der Waals surface area contributed by atoms with E-state index in [0.717, 1.165) is 6.42 Å². The van der Waals surface area contributed by atoms with Gasteiger partial charge in [0.1, 0.15) is 0 Å². The molecular formula is C12H21N. The van der Waals surface area contributed by atoms with Crippen molar-refractivity contribution in [3.63, 3.8) is 0 Å². The van der Waals surface area contributed by atoms with Crippen LogP contribution in [0.4, 0.5) is 0 Å². The van der Waals surface area contributed by atoms with Crippen molar-refractivity contribution in [3.05, 3.63) is 0 Å². The smallest absolute Gasteiger partial charge is 0.0162 e. The number of rotatable bonds is 2. The highest BCUT2D eigenvalue weighted by atomic mass is 15.0. The molecule has 13 heavy (non-hydrogen) atoms. The summed E-state index contributed by atoms with van der Waals surface area (Å²) in [7, 11) is 0. The molecule has 0 aromatic carbocycles. The van der Waals surface area contributed by atoms with E-state index in [-0.39, 0.29) is 0 Å². The van der Waals surface area contributed by atoms with E-state index in [2.05, 4.69) is 24.1 Å². The van der Waals surface area contributed by atoms with Gasteiger partial charge in [-0.3, -0.25) is 0 Å². The Bertz CT molecular complexity index is 189. The van der Waals surface area contributed by atoms with Gasteiger partial charge < -0.3 is 5.32 Å². The van der Waals surface area contributed by atoms with Gasteiger partial charge in [-0.1, -0.05) is 12.8 Å². The molecule has 0 amide bonds. The molecule has 1 fully saturated rings. The van der Waals surface area contributed by atoms with Crippen LogP contribution in [0, 0.1) is 11.8 Å². The molecule has 1 saturated heterocycles. The molecule has 0 aromatic rings. The molecule has 1 nitrogen and oxygen atoms in total. The standard InChI is InChI=1S/C12H21N/c1-3-4-6-9-12(2)10-7-5-8-11-13-12/h13H,5-11H2,1-2H3. The van der Waals surface area contributed by atoms with Crippen molar-refractivity contribution in [1.29, 1.82) is 0 Å². The molecule has 0 aliphatic carbocycles. The van der Waals surface area contributed by atoms with Crippen LogP contribution in [0.3, 0.4) is 0 Å². The van der Waals surface area contributed by atoms with Crippen LogP contribution in [0.15, 0.2) is 0 Å². The SMILES string of the molecule is CC#CCCC1(C)CCCCCN1. The van der Waals surface area contributed by atoms with Crippen molar-refractivity contribution in [3.8, 4) is 11.8 Å². The number of hydrogen-bond acceptors (Lipinski definition) is 1. The zero-order valence-corrected chi connectivity index (χ0v) is 8.95. The number of nitrogens with one attached hydrogen (secondary N) is 1. The molecule has 1 rings (SSSR count). The lowest BCUT2D eigenvalue weighted by Crippen LogP contribution is -2.41. The van der Waals surface area contributed by atoms with E-state index in [9.17, 15) is 0 Å². The Morgan fingerprint density at radius 2 is 2.15 bits per heavy atom. The molecule has 1 heteroatoms. The van der Waals surface area contributed by atoms with Crippen molar-refractivity contribution in [2.75, 3.05) is 6.54 Å². The molecule has 1 unspecified atom stereocenters. The fourth-order valence-corrected chi connectivity index (χ4v) is 1.97. The lowest BCUT2D eigenvalue weighted by atomic mass is 9.91. The third-order valence-corrected chi connectivity index (χ3v) is 2.94. The van der Waals surface area contributed by atoms with Crippen LogP contribution in [0.25, 0.3) is 0 Å². The van der Waals surface area contributed by atoms with Crippen LogP contribution < -0.4 is 5.32 Å². The van der Waals surface area contributed by atoms with Crippen molar-refractivity contribution < 1.29 is 0 Å². The Labute approximate surface area is 82.3 Å². The summed E-state index contributed by atoms with van der Waals surface area (Å²) < 4.78 is 0. The molecule has 1 heterocycles. The zero-order chi connectivity index (χ0) is 9.57. The summed E-state index contributed by atoms with van der Waals surface area (Å²) in [5.41, 5.74) is 0.361. The minimum absolute atomic E-state index is 0.361. The van der Waals surface area contributed by atoms with Crippen LogP contribution >= 0.6 is 0 Å². The molecule has 0 saturated carbocycles. The highest BCUT2D eigenvalue weighted by Crippen LogP contribution is 2.22. The third kappa shape index (κ3) is 3.83. The Kier molecular flexibility index (Phi) is 4.32. The maximum absolute atomic E-state index is 3.65. The first-order valence-electron chi connectivity index (χ1n) is 5.41. The van der Waals surface area contributed by atoms with Crippen LogP contribution in [-0.2, 0) is 0 Å². The second kappa shape index (κ2) is 5.29. The summed E-state index contributed by atoms with van der Waals surface area (Å²) in [4.78, 5) is 0. The fourth-order valence-electron chi connectivity index (χ4n) is 1.97. The van der Waals surface area contributed by atoms with Crippen LogP contribution in [0.5, 0.6) is 0 Å². The maximum Gasteiger partial charge on any atom is 0.0162 e. The molecule has 1 aliphatic heterocycles. The Morgan fingerprint density at radius 3 is 2.92 bits per heavy atom. The fraction of sp³-hybridized carbons (Fsp3) is 0.833. The van der Waals surface area contributed by atoms with E-state index in [0.29, 0.717) is 5.54 Å². The van der Waals surface area contributed by atoms with Gasteiger partial charge in [0.05, 0.1) is 0 Å². The molecule has 1 atom stereocenters. The van der Waals surface area contributed by atoms with Gasteiger partial charge in [-0.05, 0) is 39.7 Å². The minimum atomic E-state index is 0.361. The van der Waals surface area contributed by atoms with E-state index in [1.807, 2.05) is 6.92 Å². The van der Waals surface area contributed by atoms with E-state index in [1.165, 1.54) is 38.6 Å². The summed E-state index contributed by atoms with van der Waals surface area (Å²) in [6.07, 6.45) is 7.67. The Morgan fingerprint density at radius 1 is 1.31 bits per heavy atom. The molecule has 0 aromatic heterocycles. The predicted molar refractivity (Wildman–Crippen MR) is 57.6 cm³/mol. The molecule has 1 N–H and O–H groups in total. The van der Waals surface area contributed by atoms with Gasteiger partial charge in [-0.15, -0.1) is 11.8 Å². The third-order valence-electron chi connectivity index (χ3n) is 2.94. The van der Waals surface area contributed by atoms with E-state index in [1.54, 1.807) is 0 Å². The zero-order valence-electron chi connectivity index (χ0n) is 8.95. The van der Waals surface area contributed by atoms with Gasteiger partial charge >= 0.3 is 0 Å². The van der Waals surface area contributed by atoms with Gasteiger partial charge in [0.15, 0.2) is 0 Å². The van der Waals surface area contributed by atoms with Crippen molar-refractivity contribution in [1.82, 2.24) is 5.32 Å². The summed E-state index contributed by atoms with van der Waals surface area (Å²) in [5, 5.41) is 3.65. The first-order valence-corrected chi connectivity index (χ1v) is 5.41. The highest BCUT2D eigenvalue weighted by molar-refractivity contribution is 4.98. The molecule has 74 valence electrons. The largest absolute Gasteiger partial charge is 0.311 e. The van der Waals surface area contributed by atoms with Crippen LogP contribution in [0.2, 0.25) is 0 Å². The summed E-state index contributed by atoms with van der Waals surface area (Å²) in [6, 6.07) is 0. The maximum atomic E-state index is 3.65. The minimum Gasteiger partial charge on any atom is -0.311 e. The Hall–Kier alpha value is -0.480. The van der Waals surface area contributed by atoms with Crippen molar-refractivity contribution in [2.24, 2.45) is 0 Å². The lowest BCUT2D eigenvalue weighted by molar-refractivity contribution is 0.328. The quantitative estimate of drug-likeness (QED) is 0.643. The van der Waals surface area contributed by atoms with Gasteiger partial charge in [-0.25, -0.2) is 0 Å². The highest BCUT2D eigenvalue weighted by Gasteiger charge is 2.23. The lowest BCUT2D eigenvalue weighted by Gasteiger charge is -2.28. The molecule has 0 bridgehead atoms.